The molecule has 0 aliphatic heterocycles. The van der Waals surface area contributed by atoms with Crippen molar-refractivity contribution in [3.63, 3.8) is 0 Å². The molecule has 0 aliphatic rings. The van der Waals surface area contributed by atoms with Crippen molar-refractivity contribution in [1.29, 1.82) is 0 Å². The molecule has 0 heterocycles. The molecular weight excluding hydrogens is 190 g/mol. The van der Waals surface area contributed by atoms with Gasteiger partial charge in [0.05, 0.1) is 7.11 Å². The number of hydroxylamine groups is 2. The highest BCUT2D eigenvalue weighted by molar-refractivity contribution is 5.93. The van der Waals surface area contributed by atoms with Crippen molar-refractivity contribution in [3.8, 4) is 0 Å². The number of amides is 1. The van der Waals surface area contributed by atoms with Crippen LogP contribution in [-0.2, 0) is 11.3 Å². The van der Waals surface area contributed by atoms with Gasteiger partial charge in [0.15, 0.2) is 0 Å². The second kappa shape index (κ2) is 5.32. The van der Waals surface area contributed by atoms with Crippen LogP contribution in [0.2, 0.25) is 0 Å². The Kier molecular flexibility index (Phi) is 4.06. The van der Waals surface area contributed by atoms with Crippen LogP contribution in [0.25, 0.3) is 0 Å². The van der Waals surface area contributed by atoms with Gasteiger partial charge < -0.3 is 0 Å². The maximum absolute atomic E-state index is 11.7. The zero-order valence-corrected chi connectivity index (χ0v) is 9.06. The Morgan fingerprint density at radius 3 is 2.93 bits per heavy atom. The van der Waals surface area contributed by atoms with Gasteiger partial charge in [0.1, 0.15) is 0 Å². The van der Waals surface area contributed by atoms with Crippen LogP contribution in [0.4, 0.5) is 0 Å². The van der Waals surface area contributed by atoms with E-state index in [0.717, 1.165) is 12.0 Å². The van der Waals surface area contributed by atoms with Crippen LogP contribution < -0.4 is 0 Å². The lowest BCUT2D eigenvalue weighted by molar-refractivity contribution is -0.0757. The standard InChI is InChI=1S/C12H15NO2/c1-4-6-10-7-5-8-11(9-10)12(14)13(2)15-3/h4-5,7-9H,1,6H2,2-3H3. The largest absolute Gasteiger partial charge is 0.277 e. The van der Waals surface area contributed by atoms with Crippen LogP contribution in [-0.4, -0.2) is 25.1 Å². The first-order valence-electron chi connectivity index (χ1n) is 4.71. The smallest absolute Gasteiger partial charge is 0.274 e. The summed E-state index contributed by atoms with van der Waals surface area (Å²) in [4.78, 5) is 16.5. The van der Waals surface area contributed by atoms with Crippen molar-refractivity contribution in [2.75, 3.05) is 14.2 Å². The summed E-state index contributed by atoms with van der Waals surface area (Å²) in [5, 5.41) is 1.20. The lowest BCUT2D eigenvalue weighted by Gasteiger charge is -2.13. The van der Waals surface area contributed by atoms with Crippen molar-refractivity contribution < 1.29 is 9.63 Å². The second-order valence-corrected chi connectivity index (χ2v) is 3.18. The SMILES string of the molecule is C=CCc1cccc(C(=O)N(C)OC)c1. The number of carbonyl (C=O) groups is 1. The monoisotopic (exact) mass is 205 g/mol. The third-order valence-corrected chi connectivity index (χ3v) is 2.11. The first kappa shape index (κ1) is 11.5. The van der Waals surface area contributed by atoms with E-state index in [4.69, 9.17) is 4.84 Å². The van der Waals surface area contributed by atoms with Crippen molar-refractivity contribution in [2.24, 2.45) is 0 Å². The van der Waals surface area contributed by atoms with Gasteiger partial charge in [0.2, 0.25) is 0 Å². The molecule has 15 heavy (non-hydrogen) atoms. The van der Waals surface area contributed by atoms with Gasteiger partial charge in [-0.05, 0) is 24.1 Å². The first-order valence-corrected chi connectivity index (χ1v) is 4.71. The van der Waals surface area contributed by atoms with Crippen LogP contribution >= 0.6 is 0 Å². The minimum Gasteiger partial charge on any atom is -0.274 e. The Morgan fingerprint density at radius 1 is 1.60 bits per heavy atom. The lowest BCUT2D eigenvalue weighted by Crippen LogP contribution is -2.25. The van der Waals surface area contributed by atoms with Crippen LogP contribution in [0.15, 0.2) is 36.9 Å². The van der Waals surface area contributed by atoms with Crippen LogP contribution in [0, 0.1) is 0 Å². The molecule has 0 unspecified atom stereocenters. The molecule has 0 fully saturated rings. The molecule has 0 saturated heterocycles. The maximum Gasteiger partial charge on any atom is 0.277 e. The molecule has 1 aromatic rings. The first-order chi connectivity index (χ1) is 7.19. The Balaban J connectivity index is 2.89. The maximum atomic E-state index is 11.7. The minimum atomic E-state index is -0.150. The van der Waals surface area contributed by atoms with Gasteiger partial charge in [-0.1, -0.05) is 18.2 Å². The molecule has 0 saturated carbocycles. The summed E-state index contributed by atoms with van der Waals surface area (Å²) < 4.78 is 0. The topological polar surface area (TPSA) is 29.5 Å². The molecule has 0 bridgehead atoms. The Hall–Kier alpha value is -1.61. The molecule has 0 spiro atoms. The Morgan fingerprint density at radius 2 is 2.33 bits per heavy atom. The summed E-state index contributed by atoms with van der Waals surface area (Å²) in [7, 11) is 3.05. The predicted octanol–water partition coefficient (Wildman–Crippen LogP) is 2.05. The van der Waals surface area contributed by atoms with E-state index in [-0.39, 0.29) is 5.91 Å². The summed E-state index contributed by atoms with van der Waals surface area (Å²) in [6, 6.07) is 7.44. The fraction of sp³-hybridized carbons (Fsp3) is 0.250. The fourth-order valence-corrected chi connectivity index (χ4v) is 1.26. The van der Waals surface area contributed by atoms with Crippen LogP contribution in [0.5, 0.6) is 0 Å². The fourth-order valence-electron chi connectivity index (χ4n) is 1.26. The minimum absolute atomic E-state index is 0.150. The number of carbonyl (C=O) groups excluding carboxylic acids is 1. The van der Waals surface area contributed by atoms with E-state index < -0.39 is 0 Å². The molecular formula is C12H15NO2. The van der Waals surface area contributed by atoms with E-state index in [1.807, 2.05) is 24.3 Å². The quantitative estimate of drug-likeness (QED) is 0.556. The van der Waals surface area contributed by atoms with Crippen molar-refractivity contribution in [3.05, 3.63) is 48.0 Å². The van der Waals surface area contributed by atoms with E-state index in [2.05, 4.69) is 6.58 Å². The molecule has 80 valence electrons. The zero-order valence-electron chi connectivity index (χ0n) is 9.06. The van der Waals surface area contributed by atoms with Crippen molar-refractivity contribution in [1.82, 2.24) is 5.06 Å². The number of rotatable bonds is 4. The highest BCUT2D eigenvalue weighted by atomic mass is 16.7. The van der Waals surface area contributed by atoms with Gasteiger partial charge in [0, 0.05) is 12.6 Å². The van der Waals surface area contributed by atoms with Gasteiger partial charge in [-0.15, -0.1) is 6.58 Å². The highest BCUT2D eigenvalue weighted by Gasteiger charge is 2.10. The molecule has 3 heteroatoms. The molecule has 3 nitrogen and oxygen atoms in total. The second-order valence-electron chi connectivity index (χ2n) is 3.18. The molecule has 1 rings (SSSR count). The Bertz CT molecular complexity index is 360. The van der Waals surface area contributed by atoms with Crippen molar-refractivity contribution in [2.45, 2.75) is 6.42 Å². The van der Waals surface area contributed by atoms with E-state index in [9.17, 15) is 4.79 Å². The number of hydrogen-bond donors (Lipinski definition) is 0. The molecule has 0 atom stereocenters. The average Bonchev–Trinajstić information content (AvgIpc) is 2.28. The third-order valence-electron chi connectivity index (χ3n) is 2.11. The molecule has 0 aliphatic carbocycles. The van der Waals surface area contributed by atoms with Crippen LogP contribution in [0.3, 0.4) is 0 Å². The molecule has 0 radical (unpaired) electrons. The molecule has 1 amide bonds. The zero-order chi connectivity index (χ0) is 11.3. The summed E-state index contributed by atoms with van der Waals surface area (Å²) in [5.41, 5.74) is 1.69. The van der Waals surface area contributed by atoms with Gasteiger partial charge in [-0.25, -0.2) is 5.06 Å². The normalized spacial score (nSPS) is 9.73. The van der Waals surface area contributed by atoms with E-state index in [1.54, 1.807) is 13.1 Å². The molecule has 0 aromatic heterocycles. The van der Waals surface area contributed by atoms with Crippen molar-refractivity contribution >= 4 is 5.91 Å². The summed E-state index contributed by atoms with van der Waals surface area (Å²) >= 11 is 0. The average molecular weight is 205 g/mol. The Labute approximate surface area is 89.9 Å². The molecule has 1 aromatic carbocycles. The van der Waals surface area contributed by atoms with Gasteiger partial charge in [0.25, 0.3) is 5.91 Å². The number of benzene rings is 1. The van der Waals surface area contributed by atoms with Crippen LogP contribution in [0.1, 0.15) is 15.9 Å². The summed E-state index contributed by atoms with van der Waals surface area (Å²) in [6.45, 7) is 3.66. The van der Waals surface area contributed by atoms with E-state index in [1.165, 1.54) is 12.2 Å². The number of hydrogen-bond acceptors (Lipinski definition) is 2. The van der Waals surface area contributed by atoms with E-state index >= 15 is 0 Å². The summed E-state index contributed by atoms with van der Waals surface area (Å²) in [6.07, 6.45) is 2.57. The van der Waals surface area contributed by atoms with E-state index in [0.29, 0.717) is 5.56 Å². The number of nitrogens with zero attached hydrogens (tertiary/aromatic N) is 1. The predicted molar refractivity (Wildman–Crippen MR) is 59.4 cm³/mol. The van der Waals surface area contributed by atoms with Gasteiger partial charge in [-0.2, -0.15) is 0 Å². The number of allylic oxidation sites excluding steroid dienone is 1. The molecule has 0 N–H and O–H groups in total. The highest BCUT2D eigenvalue weighted by Crippen LogP contribution is 2.08. The van der Waals surface area contributed by atoms with Gasteiger partial charge in [-0.3, -0.25) is 9.63 Å². The van der Waals surface area contributed by atoms with Gasteiger partial charge >= 0.3 is 0 Å². The summed E-state index contributed by atoms with van der Waals surface area (Å²) in [5.74, 6) is -0.150. The lowest BCUT2D eigenvalue weighted by atomic mass is 10.1. The third kappa shape index (κ3) is 2.92.